The first kappa shape index (κ1) is 12.3. The normalized spacial score (nSPS) is 24.3. The average Bonchev–Trinajstić information content (AvgIpc) is 2.62. The Morgan fingerprint density at radius 3 is 2.67 bits per heavy atom. The number of alkyl halides is 3. The van der Waals surface area contributed by atoms with E-state index in [0.29, 0.717) is 11.3 Å². The van der Waals surface area contributed by atoms with Gasteiger partial charge in [-0.3, -0.25) is 4.79 Å². The maximum absolute atomic E-state index is 12.0. The predicted octanol–water partition coefficient (Wildman–Crippen LogP) is -0.283. The average molecular weight is 226 g/mol. The fraction of sp³-hybridized carbons (Fsp3) is 0.875. The number of hydrogen-bond donors (Lipinski definition) is 2. The minimum atomic E-state index is -4.83. The van der Waals surface area contributed by atoms with Crippen molar-refractivity contribution in [2.24, 2.45) is 11.7 Å². The molecule has 1 aliphatic rings. The van der Waals surface area contributed by atoms with E-state index < -0.39 is 18.2 Å². The van der Waals surface area contributed by atoms with Crippen LogP contribution in [0.15, 0.2) is 0 Å². The van der Waals surface area contributed by atoms with Crippen molar-refractivity contribution in [2.45, 2.75) is 18.7 Å². The molecule has 1 rings (SSSR count). The van der Waals surface area contributed by atoms with E-state index in [2.05, 4.69) is 0 Å². The zero-order valence-electron chi connectivity index (χ0n) is 8.00. The lowest BCUT2D eigenvalue weighted by molar-refractivity contribution is -0.184. The summed E-state index contributed by atoms with van der Waals surface area (Å²) in [6, 6.07) is 0. The Morgan fingerprint density at radius 2 is 2.20 bits per heavy atom. The van der Waals surface area contributed by atoms with E-state index in [-0.39, 0.29) is 25.6 Å². The van der Waals surface area contributed by atoms with Crippen LogP contribution >= 0.6 is 0 Å². The number of amides is 1. The zero-order valence-corrected chi connectivity index (χ0v) is 8.00. The third kappa shape index (κ3) is 2.82. The molecule has 2 unspecified atom stereocenters. The SMILES string of the molecule is NCC(O)C1CCN(C(=O)C(F)(F)F)C1. The molecular weight excluding hydrogens is 213 g/mol. The molecule has 1 fully saturated rings. The molecule has 1 aliphatic heterocycles. The van der Waals surface area contributed by atoms with E-state index in [1.165, 1.54) is 0 Å². The van der Waals surface area contributed by atoms with E-state index in [9.17, 15) is 23.1 Å². The van der Waals surface area contributed by atoms with Crippen molar-refractivity contribution >= 4 is 5.91 Å². The number of halogens is 3. The molecule has 3 N–H and O–H groups in total. The van der Waals surface area contributed by atoms with Crippen molar-refractivity contribution in [1.82, 2.24) is 4.90 Å². The molecule has 1 heterocycles. The van der Waals surface area contributed by atoms with Gasteiger partial charge in [0.15, 0.2) is 0 Å². The summed E-state index contributed by atoms with van der Waals surface area (Å²) in [5.74, 6) is -2.18. The summed E-state index contributed by atoms with van der Waals surface area (Å²) in [4.78, 5) is 11.5. The van der Waals surface area contributed by atoms with Crippen molar-refractivity contribution < 1.29 is 23.1 Å². The quantitative estimate of drug-likeness (QED) is 0.680. The molecule has 0 spiro atoms. The van der Waals surface area contributed by atoms with Gasteiger partial charge in [0.25, 0.3) is 0 Å². The van der Waals surface area contributed by atoms with Crippen molar-refractivity contribution in [3.05, 3.63) is 0 Å². The second-order valence-corrected chi connectivity index (χ2v) is 3.60. The number of likely N-dealkylation sites (tertiary alicyclic amines) is 1. The van der Waals surface area contributed by atoms with Gasteiger partial charge in [-0.05, 0) is 6.42 Å². The second kappa shape index (κ2) is 4.36. The van der Waals surface area contributed by atoms with Crippen molar-refractivity contribution in [3.63, 3.8) is 0 Å². The van der Waals surface area contributed by atoms with Gasteiger partial charge in [0.1, 0.15) is 0 Å². The van der Waals surface area contributed by atoms with E-state index in [1.807, 2.05) is 0 Å². The van der Waals surface area contributed by atoms with E-state index in [1.54, 1.807) is 0 Å². The predicted molar refractivity (Wildman–Crippen MR) is 45.8 cm³/mol. The van der Waals surface area contributed by atoms with Gasteiger partial charge in [0.05, 0.1) is 6.10 Å². The molecule has 0 aromatic heterocycles. The van der Waals surface area contributed by atoms with Crippen LogP contribution in [0.1, 0.15) is 6.42 Å². The van der Waals surface area contributed by atoms with E-state index in [0.717, 1.165) is 0 Å². The number of hydrogen-bond acceptors (Lipinski definition) is 3. The first-order chi connectivity index (χ1) is 6.86. The van der Waals surface area contributed by atoms with Gasteiger partial charge in [0, 0.05) is 25.6 Å². The van der Waals surface area contributed by atoms with Crippen LogP contribution in [-0.2, 0) is 4.79 Å². The van der Waals surface area contributed by atoms with Gasteiger partial charge in [-0.25, -0.2) is 0 Å². The van der Waals surface area contributed by atoms with Crippen LogP contribution in [0, 0.1) is 5.92 Å². The number of carbonyl (C=O) groups excluding carboxylic acids is 1. The van der Waals surface area contributed by atoms with Crippen LogP contribution in [0.2, 0.25) is 0 Å². The number of rotatable bonds is 2. The van der Waals surface area contributed by atoms with Crippen LogP contribution < -0.4 is 5.73 Å². The molecule has 0 aliphatic carbocycles. The summed E-state index contributed by atoms with van der Waals surface area (Å²) in [6.07, 6.45) is -5.31. The number of aliphatic hydroxyl groups excluding tert-OH is 1. The number of carbonyl (C=O) groups is 1. The first-order valence-corrected chi connectivity index (χ1v) is 4.60. The van der Waals surface area contributed by atoms with Gasteiger partial charge in [-0.15, -0.1) is 0 Å². The smallest absolute Gasteiger partial charge is 0.391 e. The summed E-state index contributed by atoms with van der Waals surface area (Å²) in [5, 5.41) is 9.32. The third-order valence-corrected chi connectivity index (χ3v) is 2.54. The Hall–Kier alpha value is -0.820. The standard InChI is InChI=1S/C8H13F3N2O2/c9-8(10,11)7(15)13-2-1-5(4-13)6(14)3-12/h5-6,14H,1-4,12H2. The Balaban J connectivity index is 2.53. The summed E-state index contributed by atoms with van der Waals surface area (Å²) >= 11 is 0. The molecule has 88 valence electrons. The molecular formula is C8H13F3N2O2. The van der Waals surface area contributed by atoms with Crippen molar-refractivity contribution in [1.29, 1.82) is 0 Å². The summed E-state index contributed by atoms with van der Waals surface area (Å²) in [7, 11) is 0. The summed E-state index contributed by atoms with van der Waals surface area (Å²) in [5.41, 5.74) is 5.18. The monoisotopic (exact) mass is 226 g/mol. The highest BCUT2D eigenvalue weighted by Gasteiger charge is 2.45. The van der Waals surface area contributed by atoms with E-state index in [4.69, 9.17) is 5.73 Å². The van der Waals surface area contributed by atoms with Gasteiger partial charge in [-0.2, -0.15) is 13.2 Å². The van der Waals surface area contributed by atoms with Crippen LogP contribution in [0.25, 0.3) is 0 Å². The minimum absolute atomic E-state index is 0.00127. The molecule has 0 aromatic carbocycles. The molecule has 1 saturated heterocycles. The zero-order chi connectivity index (χ0) is 11.6. The number of aliphatic hydroxyl groups is 1. The van der Waals surface area contributed by atoms with Crippen molar-refractivity contribution in [2.75, 3.05) is 19.6 Å². The molecule has 0 saturated carbocycles. The Morgan fingerprint density at radius 1 is 1.60 bits per heavy atom. The lowest BCUT2D eigenvalue weighted by atomic mass is 10.0. The van der Waals surface area contributed by atoms with Crippen LogP contribution in [0.4, 0.5) is 13.2 Å². The maximum atomic E-state index is 12.0. The lowest BCUT2D eigenvalue weighted by Gasteiger charge is -2.19. The molecule has 2 atom stereocenters. The first-order valence-electron chi connectivity index (χ1n) is 4.60. The van der Waals surface area contributed by atoms with Crippen LogP contribution in [0.5, 0.6) is 0 Å². The van der Waals surface area contributed by atoms with Crippen molar-refractivity contribution in [3.8, 4) is 0 Å². The molecule has 0 radical (unpaired) electrons. The summed E-state index contributed by atoms with van der Waals surface area (Å²) < 4.78 is 36.1. The molecule has 0 bridgehead atoms. The fourth-order valence-electron chi connectivity index (χ4n) is 1.66. The highest BCUT2D eigenvalue weighted by Crippen LogP contribution is 2.25. The number of nitrogens with two attached hydrogens (primary N) is 1. The van der Waals surface area contributed by atoms with Gasteiger partial charge in [-0.1, -0.05) is 0 Å². The minimum Gasteiger partial charge on any atom is -0.391 e. The molecule has 15 heavy (non-hydrogen) atoms. The van der Waals surface area contributed by atoms with Gasteiger partial charge in [0.2, 0.25) is 0 Å². The van der Waals surface area contributed by atoms with E-state index >= 15 is 0 Å². The molecule has 4 nitrogen and oxygen atoms in total. The maximum Gasteiger partial charge on any atom is 0.471 e. The fourth-order valence-corrected chi connectivity index (χ4v) is 1.66. The largest absolute Gasteiger partial charge is 0.471 e. The highest BCUT2D eigenvalue weighted by atomic mass is 19.4. The number of nitrogens with zero attached hydrogens (tertiary/aromatic N) is 1. The van der Waals surface area contributed by atoms with Gasteiger partial charge >= 0.3 is 12.1 Å². The highest BCUT2D eigenvalue weighted by molar-refractivity contribution is 5.82. The van der Waals surface area contributed by atoms with Gasteiger partial charge < -0.3 is 15.7 Å². The summed E-state index contributed by atoms with van der Waals surface area (Å²) in [6.45, 7) is -0.0461. The Labute approximate surface area is 84.8 Å². The molecule has 7 heteroatoms. The molecule has 0 aromatic rings. The third-order valence-electron chi connectivity index (χ3n) is 2.54. The Kier molecular flexibility index (Phi) is 3.56. The lowest BCUT2D eigenvalue weighted by Crippen LogP contribution is -2.40. The molecule has 1 amide bonds. The van der Waals surface area contributed by atoms with Crippen LogP contribution in [-0.4, -0.2) is 47.8 Å². The Bertz CT molecular complexity index is 245. The van der Waals surface area contributed by atoms with Crippen LogP contribution in [0.3, 0.4) is 0 Å². The second-order valence-electron chi connectivity index (χ2n) is 3.60. The topological polar surface area (TPSA) is 66.6 Å².